The van der Waals surface area contributed by atoms with E-state index in [1.165, 1.54) is 32.1 Å². The Balaban J connectivity index is 0. The van der Waals surface area contributed by atoms with Crippen molar-refractivity contribution in [3.63, 3.8) is 0 Å². The standard InChI is InChI=1S/C20H42O4S.K/c1-3-5-17-20(25(22,23)24)18-14-12-10-8-6-7-9-11-13-16-19(21)15-4-2;/h19-21H,3-18H2,1-2H3,(H,22,23,24);/q;+1/p-1. The molecule has 2 atom stereocenters. The van der Waals surface area contributed by atoms with Crippen molar-refractivity contribution in [3.05, 3.63) is 0 Å². The van der Waals surface area contributed by atoms with Gasteiger partial charge < -0.3 is 9.66 Å². The Morgan fingerprint density at radius 3 is 1.54 bits per heavy atom. The quantitative estimate of drug-likeness (QED) is 0.212. The van der Waals surface area contributed by atoms with Gasteiger partial charge in [0.05, 0.1) is 16.2 Å². The molecule has 1 N–H and O–H groups in total. The van der Waals surface area contributed by atoms with Gasteiger partial charge >= 0.3 is 51.4 Å². The molecule has 0 saturated heterocycles. The summed E-state index contributed by atoms with van der Waals surface area (Å²) in [5.74, 6) is 0. The Kier molecular flexibility index (Phi) is 22.6. The first-order chi connectivity index (χ1) is 11.9. The number of rotatable bonds is 18. The van der Waals surface area contributed by atoms with Crippen LogP contribution < -0.4 is 51.4 Å². The molecule has 0 heterocycles. The molecule has 2 unspecified atom stereocenters. The molecular formula is C20H41KO4S. The maximum absolute atomic E-state index is 11.2. The van der Waals surface area contributed by atoms with Crippen molar-refractivity contribution >= 4 is 10.1 Å². The molecule has 0 aliphatic heterocycles. The summed E-state index contributed by atoms with van der Waals surface area (Å²) in [5, 5.41) is 8.98. The molecule has 152 valence electrons. The van der Waals surface area contributed by atoms with Gasteiger partial charge in [0.2, 0.25) is 0 Å². The van der Waals surface area contributed by atoms with Gasteiger partial charge in [-0.2, -0.15) is 0 Å². The molecule has 0 fully saturated rings. The van der Waals surface area contributed by atoms with Gasteiger partial charge in [0.1, 0.15) is 0 Å². The zero-order chi connectivity index (χ0) is 19.0. The summed E-state index contributed by atoms with van der Waals surface area (Å²) < 4.78 is 33.7. The Morgan fingerprint density at radius 1 is 0.692 bits per heavy atom. The van der Waals surface area contributed by atoms with Crippen molar-refractivity contribution in [1.82, 2.24) is 0 Å². The van der Waals surface area contributed by atoms with E-state index in [9.17, 15) is 18.1 Å². The molecule has 0 amide bonds. The van der Waals surface area contributed by atoms with E-state index >= 15 is 0 Å². The van der Waals surface area contributed by atoms with Gasteiger partial charge in [-0.25, -0.2) is 8.42 Å². The van der Waals surface area contributed by atoms with Crippen molar-refractivity contribution < 1.29 is 69.5 Å². The molecule has 0 saturated carbocycles. The van der Waals surface area contributed by atoms with Crippen LogP contribution in [0, 0.1) is 0 Å². The van der Waals surface area contributed by atoms with Crippen molar-refractivity contribution in [2.24, 2.45) is 0 Å². The monoisotopic (exact) mass is 416 g/mol. The minimum Gasteiger partial charge on any atom is -0.748 e. The number of aliphatic hydroxyl groups is 1. The predicted octanol–water partition coefficient (Wildman–Crippen LogP) is 2.55. The maximum Gasteiger partial charge on any atom is 1.00 e. The van der Waals surface area contributed by atoms with Gasteiger partial charge in [0, 0.05) is 5.25 Å². The van der Waals surface area contributed by atoms with Crippen LogP contribution in [-0.4, -0.2) is 29.4 Å². The smallest absolute Gasteiger partial charge is 0.748 e. The Bertz CT molecular complexity index is 387. The summed E-state index contributed by atoms with van der Waals surface area (Å²) in [4.78, 5) is 0. The summed E-state index contributed by atoms with van der Waals surface area (Å²) in [7, 11) is -4.13. The van der Waals surface area contributed by atoms with Gasteiger partial charge in [0.15, 0.2) is 0 Å². The van der Waals surface area contributed by atoms with Gasteiger partial charge in [0.25, 0.3) is 0 Å². The maximum atomic E-state index is 11.2. The second-order valence-electron chi connectivity index (χ2n) is 7.46. The van der Waals surface area contributed by atoms with Crippen molar-refractivity contribution in [2.45, 2.75) is 128 Å². The van der Waals surface area contributed by atoms with Gasteiger partial charge in [-0.05, 0) is 25.7 Å². The first-order valence-corrected chi connectivity index (χ1v) is 12.0. The molecule has 0 aromatic rings. The molecule has 0 spiro atoms. The summed E-state index contributed by atoms with van der Waals surface area (Å²) in [5.41, 5.74) is 0. The predicted molar refractivity (Wildman–Crippen MR) is 105 cm³/mol. The summed E-state index contributed by atoms with van der Waals surface area (Å²) in [6.45, 7) is 4.12. The van der Waals surface area contributed by atoms with Crippen molar-refractivity contribution in [3.8, 4) is 0 Å². The molecule has 26 heavy (non-hydrogen) atoms. The zero-order valence-electron chi connectivity index (χ0n) is 17.5. The SMILES string of the molecule is CCCCC(CCCCCCCCCCCC(O)CCC)S(=O)(=O)[O-].[K+]. The van der Waals surface area contributed by atoms with E-state index < -0.39 is 15.4 Å². The molecule has 6 heteroatoms. The summed E-state index contributed by atoms with van der Waals surface area (Å²) in [6.07, 6.45) is 15.9. The van der Waals surface area contributed by atoms with Gasteiger partial charge in [-0.1, -0.05) is 90.9 Å². The van der Waals surface area contributed by atoms with Crippen LogP contribution in [0.1, 0.15) is 117 Å². The minimum atomic E-state index is -4.13. The molecule has 0 aromatic heterocycles. The summed E-state index contributed by atoms with van der Waals surface area (Å²) >= 11 is 0. The second kappa shape index (κ2) is 19.8. The van der Waals surface area contributed by atoms with E-state index in [4.69, 9.17) is 0 Å². The van der Waals surface area contributed by atoms with Crippen LogP contribution in [0.5, 0.6) is 0 Å². The van der Waals surface area contributed by atoms with E-state index in [-0.39, 0.29) is 57.5 Å². The van der Waals surface area contributed by atoms with E-state index in [0.717, 1.165) is 57.8 Å². The average molecular weight is 417 g/mol. The van der Waals surface area contributed by atoms with Gasteiger partial charge in [-0.15, -0.1) is 0 Å². The van der Waals surface area contributed by atoms with E-state index in [1.807, 2.05) is 6.92 Å². The van der Waals surface area contributed by atoms with Crippen LogP contribution in [0.2, 0.25) is 0 Å². The number of hydrogen-bond donors (Lipinski definition) is 1. The summed E-state index contributed by atoms with van der Waals surface area (Å²) in [6, 6.07) is 0. The van der Waals surface area contributed by atoms with E-state index in [2.05, 4.69) is 6.92 Å². The van der Waals surface area contributed by atoms with Crippen LogP contribution in [0.3, 0.4) is 0 Å². The Hall–Kier alpha value is 1.51. The molecule has 0 aliphatic rings. The third-order valence-corrected chi connectivity index (χ3v) is 6.26. The molecule has 0 aliphatic carbocycles. The Labute approximate surface area is 205 Å². The molecule has 4 nitrogen and oxygen atoms in total. The number of unbranched alkanes of at least 4 members (excludes halogenated alkanes) is 9. The fourth-order valence-corrected chi connectivity index (χ4v) is 4.24. The van der Waals surface area contributed by atoms with Crippen LogP contribution in [0.4, 0.5) is 0 Å². The third-order valence-electron chi connectivity index (χ3n) is 4.97. The fraction of sp³-hybridized carbons (Fsp3) is 1.00. The van der Waals surface area contributed by atoms with Crippen LogP contribution in [0.15, 0.2) is 0 Å². The third kappa shape index (κ3) is 18.9. The first kappa shape index (κ1) is 29.7. The van der Waals surface area contributed by atoms with Crippen LogP contribution in [-0.2, 0) is 10.1 Å². The minimum absolute atomic E-state index is 0. The molecule has 0 radical (unpaired) electrons. The topological polar surface area (TPSA) is 77.4 Å². The van der Waals surface area contributed by atoms with Crippen molar-refractivity contribution in [1.29, 1.82) is 0 Å². The van der Waals surface area contributed by atoms with E-state index in [1.54, 1.807) is 0 Å². The molecule has 0 bridgehead atoms. The normalized spacial score (nSPS) is 14.0. The van der Waals surface area contributed by atoms with Crippen LogP contribution >= 0.6 is 0 Å². The van der Waals surface area contributed by atoms with Crippen molar-refractivity contribution in [2.75, 3.05) is 0 Å². The second-order valence-corrected chi connectivity index (χ2v) is 9.11. The first-order valence-electron chi connectivity index (χ1n) is 10.5. The van der Waals surface area contributed by atoms with Crippen LogP contribution in [0.25, 0.3) is 0 Å². The van der Waals surface area contributed by atoms with Gasteiger partial charge in [-0.3, -0.25) is 0 Å². The zero-order valence-corrected chi connectivity index (χ0v) is 21.5. The number of hydrogen-bond acceptors (Lipinski definition) is 4. The number of aliphatic hydroxyl groups excluding tert-OH is 1. The Morgan fingerprint density at radius 2 is 1.12 bits per heavy atom. The average Bonchev–Trinajstić information content (AvgIpc) is 2.54. The molecule has 0 aromatic carbocycles. The molecular weight excluding hydrogens is 375 g/mol. The fourth-order valence-electron chi connectivity index (χ4n) is 3.33. The van der Waals surface area contributed by atoms with E-state index in [0.29, 0.717) is 12.8 Å². The largest absolute Gasteiger partial charge is 1.00 e. The molecule has 0 rings (SSSR count).